The van der Waals surface area contributed by atoms with E-state index in [2.05, 4.69) is 16.3 Å². The lowest BCUT2D eigenvalue weighted by atomic mass is 9.88. The highest BCUT2D eigenvalue weighted by molar-refractivity contribution is 7.10. The molecule has 1 aliphatic heterocycles. The normalized spacial score (nSPS) is 25.2. The Hall–Kier alpha value is -0.870. The summed E-state index contributed by atoms with van der Waals surface area (Å²) < 4.78 is 0. The number of thiophene rings is 1. The fraction of sp³-hybridized carbons (Fsp3) is 0.667. The Morgan fingerprint density at radius 2 is 2.16 bits per heavy atom. The number of aliphatic carboxylic acids is 1. The summed E-state index contributed by atoms with van der Waals surface area (Å²) in [6, 6.07) is 2.90. The number of fused-ring (bicyclic) bond motifs is 1. The lowest BCUT2D eigenvalue weighted by Crippen LogP contribution is -2.38. The minimum atomic E-state index is -0.642. The molecule has 1 N–H and O–H groups in total. The second-order valence-corrected chi connectivity index (χ2v) is 6.79. The van der Waals surface area contributed by atoms with Crippen molar-refractivity contribution in [3.8, 4) is 0 Å². The van der Waals surface area contributed by atoms with Crippen LogP contribution >= 0.6 is 11.3 Å². The number of nitrogens with zero attached hydrogens (tertiary/aromatic N) is 1. The highest BCUT2D eigenvalue weighted by Crippen LogP contribution is 2.39. The SMILES string of the molecule is O=C(O)CC1CCN(C2CCCc3sccc32)CC1. The van der Waals surface area contributed by atoms with Crippen LogP contribution in [-0.4, -0.2) is 29.1 Å². The zero-order chi connectivity index (χ0) is 13.2. The topological polar surface area (TPSA) is 40.5 Å². The van der Waals surface area contributed by atoms with Gasteiger partial charge in [0.2, 0.25) is 0 Å². The van der Waals surface area contributed by atoms with Gasteiger partial charge in [0.1, 0.15) is 0 Å². The van der Waals surface area contributed by atoms with Gasteiger partial charge in [-0.15, -0.1) is 11.3 Å². The maximum Gasteiger partial charge on any atom is 0.303 e. The van der Waals surface area contributed by atoms with Crippen molar-refractivity contribution in [2.24, 2.45) is 5.92 Å². The second-order valence-electron chi connectivity index (χ2n) is 5.78. The number of likely N-dealkylation sites (tertiary alicyclic amines) is 1. The van der Waals surface area contributed by atoms with Crippen LogP contribution in [0.15, 0.2) is 11.4 Å². The third-order valence-electron chi connectivity index (χ3n) is 4.57. The maximum absolute atomic E-state index is 10.8. The van der Waals surface area contributed by atoms with E-state index in [1.165, 1.54) is 19.3 Å². The first kappa shape index (κ1) is 13.1. The van der Waals surface area contributed by atoms with Crippen LogP contribution in [0.3, 0.4) is 0 Å². The van der Waals surface area contributed by atoms with Crippen molar-refractivity contribution in [2.75, 3.05) is 13.1 Å². The van der Waals surface area contributed by atoms with Crippen molar-refractivity contribution in [3.05, 3.63) is 21.9 Å². The molecule has 0 radical (unpaired) electrons. The molecule has 2 aliphatic rings. The van der Waals surface area contributed by atoms with E-state index in [4.69, 9.17) is 5.11 Å². The Kier molecular flexibility index (Phi) is 3.89. The molecule has 1 fully saturated rings. The van der Waals surface area contributed by atoms with Gasteiger partial charge in [0.05, 0.1) is 0 Å². The lowest BCUT2D eigenvalue weighted by Gasteiger charge is -2.39. The summed E-state index contributed by atoms with van der Waals surface area (Å²) in [6.45, 7) is 2.13. The van der Waals surface area contributed by atoms with E-state index in [-0.39, 0.29) is 0 Å². The molecule has 104 valence electrons. The monoisotopic (exact) mass is 279 g/mol. The first-order valence-corrected chi connectivity index (χ1v) is 8.14. The first-order valence-electron chi connectivity index (χ1n) is 7.26. The van der Waals surface area contributed by atoms with Crippen LogP contribution in [0.1, 0.15) is 48.6 Å². The van der Waals surface area contributed by atoms with E-state index in [0.717, 1.165) is 25.9 Å². The molecular formula is C15H21NO2S. The number of carboxylic acid groups (broad SMARTS) is 1. The smallest absolute Gasteiger partial charge is 0.303 e. The van der Waals surface area contributed by atoms with Gasteiger partial charge in [-0.3, -0.25) is 9.69 Å². The summed E-state index contributed by atoms with van der Waals surface area (Å²) in [4.78, 5) is 14.9. The molecule has 1 saturated heterocycles. The molecule has 1 aromatic heterocycles. The zero-order valence-corrected chi connectivity index (χ0v) is 12.0. The molecule has 19 heavy (non-hydrogen) atoms. The quantitative estimate of drug-likeness (QED) is 0.922. The van der Waals surface area contributed by atoms with Gasteiger partial charge in [0.15, 0.2) is 0 Å². The van der Waals surface area contributed by atoms with Crippen molar-refractivity contribution >= 4 is 17.3 Å². The predicted octanol–water partition coefficient (Wildman–Crippen LogP) is 3.31. The second kappa shape index (κ2) is 5.63. The number of carboxylic acids is 1. The standard InChI is InChI=1S/C15H21NO2S/c17-15(18)10-11-4-7-16(8-5-11)13-2-1-3-14-12(13)6-9-19-14/h6,9,11,13H,1-5,7-8,10H2,(H,17,18). The number of hydrogen-bond donors (Lipinski definition) is 1. The van der Waals surface area contributed by atoms with Gasteiger partial charge < -0.3 is 5.11 Å². The van der Waals surface area contributed by atoms with Gasteiger partial charge in [0.25, 0.3) is 0 Å². The summed E-state index contributed by atoms with van der Waals surface area (Å²) in [5.41, 5.74) is 1.55. The Bertz CT molecular complexity index is 449. The van der Waals surface area contributed by atoms with Crippen molar-refractivity contribution in [2.45, 2.75) is 44.6 Å². The van der Waals surface area contributed by atoms with Gasteiger partial charge in [-0.05, 0) is 68.1 Å². The van der Waals surface area contributed by atoms with Crippen LogP contribution in [-0.2, 0) is 11.2 Å². The molecule has 0 saturated carbocycles. The summed E-state index contributed by atoms with van der Waals surface area (Å²) in [5.74, 6) is -0.254. The van der Waals surface area contributed by atoms with Crippen LogP contribution in [0.25, 0.3) is 0 Å². The fourth-order valence-corrected chi connectivity index (χ4v) is 4.54. The van der Waals surface area contributed by atoms with Gasteiger partial charge in [0, 0.05) is 17.3 Å². The van der Waals surface area contributed by atoms with Crippen LogP contribution in [0.2, 0.25) is 0 Å². The number of carbonyl (C=O) groups is 1. The third-order valence-corrected chi connectivity index (χ3v) is 5.57. The number of piperidine rings is 1. The highest BCUT2D eigenvalue weighted by Gasteiger charge is 2.30. The number of aryl methyl sites for hydroxylation is 1. The molecular weight excluding hydrogens is 258 g/mol. The summed E-state index contributed by atoms with van der Waals surface area (Å²) in [5, 5.41) is 11.1. The predicted molar refractivity (Wildman–Crippen MR) is 76.5 cm³/mol. The Morgan fingerprint density at radius 3 is 2.89 bits per heavy atom. The summed E-state index contributed by atoms with van der Waals surface area (Å²) in [6.07, 6.45) is 6.26. The molecule has 1 aromatic rings. The zero-order valence-electron chi connectivity index (χ0n) is 11.2. The summed E-state index contributed by atoms with van der Waals surface area (Å²) in [7, 11) is 0. The van der Waals surface area contributed by atoms with Crippen molar-refractivity contribution in [1.82, 2.24) is 4.90 Å². The molecule has 1 aliphatic carbocycles. The van der Waals surface area contributed by atoms with Crippen LogP contribution in [0.4, 0.5) is 0 Å². The van der Waals surface area contributed by atoms with Crippen LogP contribution < -0.4 is 0 Å². The van der Waals surface area contributed by atoms with E-state index in [1.54, 1.807) is 10.4 Å². The van der Waals surface area contributed by atoms with Gasteiger partial charge >= 0.3 is 5.97 Å². The Balaban J connectivity index is 1.62. The number of hydrogen-bond acceptors (Lipinski definition) is 3. The third kappa shape index (κ3) is 2.84. The largest absolute Gasteiger partial charge is 0.481 e. The molecule has 0 aromatic carbocycles. The van der Waals surface area contributed by atoms with Crippen molar-refractivity contribution in [3.63, 3.8) is 0 Å². The molecule has 1 unspecified atom stereocenters. The average molecular weight is 279 g/mol. The molecule has 2 heterocycles. The maximum atomic E-state index is 10.8. The summed E-state index contributed by atoms with van der Waals surface area (Å²) >= 11 is 1.90. The number of rotatable bonds is 3. The molecule has 1 atom stereocenters. The Morgan fingerprint density at radius 1 is 1.37 bits per heavy atom. The van der Waals surface area contributed by atoms with Crippen LogP contribution in [0.5, 0.6) is 0 Å². The minimum Gasteiger partial charge on any atom is -0.481 e. The van der Waals surface area contributed by atoms with E-state index in [0.29, 0.717) is 18.4 Å². The van der Waals surface area contributed by atoms with Crippen molar-refractivity contribution in [1.29, 1.82) is 0 Å². The molecule has 3 nitrogen and oxygen atoms in total. The van der Waals surface area contributed by atoms with Gasteiger partial charge in [-0.25, -0.2) is 0 Å². The lowest BCUT2D eigenvalue weighted by molar-refractivity contribution is -0.138. The van der Waals surface area contributed by atoms with Gasteiger partial charge in [-0.2, -0.15) is 0 Å². The van der Waals surface area contributed by atoms with E-state index in [9.17, 15) is 4.79 Å². The fourth-order valence-electron chi connectivity index (χ4n) is 3.56. The minimum absolute atomic E-state index is 0.349. The van der Waals surface area contributed by atoms with E-state index in [1.807, 2.05) is 11.3 Å². The molecule has 4 heteroatoms. The molecule has 3 rings (SSSR count). The highest BCUT2D eigenvalue weighted by atomic mass is 32.1. The van der Waals surface area contributed by atoms with E-state index >= 15 is 0 Å². The Labute approximate surface area is 118 Å². The van der Waals surface area contributed by atoms with Crippen LogP contribution in [0, 0.1) is 5.92 Å². The van der Waals surface area contributed by atoms with E-state index < -0.39 is 5.97 Å². The average Bonchev–Trinajstić information content (AvgIpc) is 2.87. The van der Waals surface area contributed by atoms with Gasteiger partial charge in [-0.1, -0.05) is 0 Å². The molecule has 0 amide bonds. The molecule has 0 bridgehead atoms. The molecule has 0 spiro atoms. The van der Waals surface area contributed by atoms with Crippen molar-refractivity contribution < 1.29 is 9.90 Å². The first-order chi connectivity index (χ1) is 9.24.